The van der Waals surface area contributed by atoms with Crippen LogP contribution in [0.25, 0.3) is 0 Å². The predicted molar refractivity (Wildman–Crippen MR) is 78.1 cm³/mol. The van der Waals surface area contributed by atoms with Crippen LogP contribution >= 0.6 is 0 Å². The van der Waals surface area contributed by atoms with Crippen molar-refractivity contribution < 1.29 is 23.1 Å². The number of aliphatic hydroxyl groups excluding tert-OH is 1. The Morgan fingerprint density at radius 3 is 2.36 bits per heavy atom. The van der Waals surface area contributed by atoms with Crippen molar-refractivity contribution in [3.05, 3.63) is 35.4 Å². The van der Waals surface area contributed by atoms with E-state index in [0.29, 0.717) is 5.56 Å². The summed E-state index contributed by atoms with van der Waals surface area (Å²) in [6.45, 7) is 7.03. The number of rotatable bonds is 4. The molecule has 3 nitrogen and oxygen atoms in total. The molecule has 0 unspecified atom stereocenters. The second kappa shape index (κ2) is 6.69. The van der Waals surface area contributed by atoms with Crippen LogP contribution < -0.4 is 5.32 Å². The molecule has 0 saturated heterocycles. The molecule has 0 radical (unpaired) electrons. The second-order valence-electron chi connectivity index (χ2n) is 6.50. The van der Waals surface area contributed by atoms with Gasteiger partial charge in [-0.05, 0) is 30.0 Å². The zero-order valence-electron chi connectivity index (χ0n) is 13.2. The summed E-state index contributed by atoms with van der Waals surface area (Å²) in [7, 11) is 0. The van der Waals surface area contributed by atoms with Crippen LogP contribution in [0.15, 0.2) is 24.3 Å². The first-order chi connectivity index (χ1) is 9.91. The van der Waals surface area contributed by atoms with Crippen molar-refractivity contribution in [3.8, 4) is 0 Å². The van der Waals surface area contributed by atoms with Gasteiger partial charge in [0.2, 0.25) is 5.91 Å². The number of hydrogen-bond donors (Lipinski definition) is 2. The van der Waals surface area contributed by atoms with Crippen molar-refractivity contribution in [2.45, 2.75) is 52.4 Å². The summed E-state index contributed by atoms with van der Waals surface area (Å²) in [6, 6.07) is 4.28. The van der Waals surface area contributed by atoms with E-state index < -0.39 is 35.2 Å². The smallest absolute Gasteiger partial charge is 0.392 e. The molecule has 0 spiro atoms. The van der Waals surface area contributed by atoms with Crippen LogP contribution in [0.3, 0.4) is 0 Å². The van der Waals surface area contributed by atoms with E-state index in [1.807, 2.05) is 0 Å². The molecule has 6 heteroatoms. The molecule has 2 atom stereocenters. The summed E-state index contributed by atoms with van der Waals surface area (Å²) in [6.07, 6.45) is -5.32. The summed E-state index contributed by atoms with van der Waals surface area (Å²) in [5.74, 6) is -0.396. The number of benzene rings is 1. The predicted octanol–water partition coefficient (Wildman–Crippen LogP) is 3.68. The van der Waals surface area contributed by atoms with E-state index >= 15 is 0 Å². The van der Waals surface area contributed by atoms with Crippen LogP contribution in [0, 0.1) is 5.41 Å². The molecule has 0 aliphatic heterocycles. The largest absolute Gasteiger partial charge is 0.416 e. The molecule has 0 aliphatic carbocycles. The lowest BCUT2D eigenvalue weighted by Crippen LogP contribution is -2.35. The number of carbonyl (C=O) groups is 1. The highest BCUT2D eigenvalue weighted by molar-refractivity contribution is 5.77. The van der Waals surface area contributed by atoms with Crippen molar-refractivity contribution in [1.82, 2.24) is 5.32 Å². The third-order valence-electron chi connectivity index (χ3n) is 3.47. The lowest BCUT2D eigenvalue weighted by Gasteiger charge is -2.26. The van der Waals surface area contributed by atoms with Gasteiger partial charge in [-0.2, -0.15) is 13.2 Å². The number of amides is 1. The quantitative estimate of drug-likeness (QED) is 0.890. The highest BCUT2D eigenvalue weighted by atomic mass is 19.4. The number of aliphatic hydroxyl groups is 1. The number of alkyl halides is 3. The monoisotopic (exact) mass is 317 g/mol. The molecule has 124 valence electrons. The minimum absolute atomic E-state index is 0.0905. The summed E-state index contributed by atoms with van der Waals surface area (Å²) in [5.41, 5.74) is -0.814. The molecule has 0 heterocycles. The van der Waals surface area contributed by atoms with Gasteiger partial charge in [0, 0.05) is 0 Å². The topological polar surface area (TPSA) is 49.3 Å². The minimum atomic E-state index is -4.41. The van der Waals surface area contributed by atoms with Crippen LogP contribution in [0.1, 0.15) is 51.3 Å². The maximum atomic E-state index is 12.7. The lowest BCUT2D eigenvalue weighted by atomic mass is 9.87. The van der Waals surface area contributed by atoms with Gasteiger partial charge >= 0.3 is 6.18 Å². The SMILES string of the molecule is C[C@H](NC(=O)C[C@@H](O)C(C)(C)C)c1cccc(C(F)(F)F)c1. The van der Waals surface area contributed by atoms with Crippen molar-refractivity contribution in [3.63, 3.8) is 0 Å². The zero-order valence-corrected chi connectivity index (χ0v) is 13.2. The van der Waals surface area contributed by atoms with Gasteiger partial charge in [0.25, 0.3) is 0 Å². The van der Waals surface area contributed by atoms with Gasteiger partial charge in [0.15, 0.2) is 0 Å². The molecule has 0 aromatic heterocycles. The Morgan fingerprint density at radius 2 is 1.86 bits per heavy atom. The molecule has 0 bridgehead atoms. The number of carbonyl (C=O) groups excluding carboxylic acids is 1. The molecule has 1 rings (SSSR count). The fourth-order valence-corrected chi connectivity index (χ4v) is 1.85. The van der Waals surface area contributed by atoms with E-state index in [1.165, 1.54) is 12.1 Å². The van der Waals surface area contributed by atoms with Gasteiger partial charge in [-0.25, -0.2) is 0 Å². The van der Waals surface area contributed by atoms with Crippen molar-refractivity contribution in [1.29, 1.82) is 0 Å². The van der Waals surface area contributed by atoms with E-state index in [-0.39, 0.29) is 6.42 Å². The molecule has 0 fully saturated rings. The number of hydrogen-bond acceptors (Lipinski definition) is 2. The molecule has 22 heavy (non-hydrogen) atoms. The standard InChI is InChI=1S/C16H22F3NO2/c1-10(20-14(22)9-13(21)15(2,3)4)11-6-5-7-12(8-11)16(17,18)19/h5-8,10,13,21H,9H2,1-4H3,(H,20,22)/t10-,13+/m0/s1. The first kappa shape index (κ1) is 18.5. The third-order valence-corrected chi connectivity index (χ3v) is 3.47. The fraction of sp³-hybridized carbons (Fsp3) is 0.562. The fourth-order valence-electron chi connectivity index (χ4n) is 1.85. The average molecular weight is 317 g/mol. The highest BCUT2D eigenvalue weighted by Crippen LogP contribution is 2.30. The summed E-state index contributed by atoms with van der Waals surface area (Å²) >= 11 is 0. The summed E-state index contributed by atoms with van der Waals surface area (Å²) in [5, 5.41) is 12.5. The maximum absolute atomic E-state index is 12.7. The Morgan fingerprint density at radius 1 is 1.27 bits per heavy atom. The van der Waals surface area contributed by atoms with Gasteiger partial charge in [-0.3, -0.25) is 4.79 Å². The molecule has 0 aliphatic rings. The van der Waals surface area contributed by atoms with Gasteiger partial charge < -0.3 is 10.4 Å². The van der Waals surface area contributed by atoms with E-state index in [1.54, 1.807) is 27.7 Å². The first-order valence-electron chi connectivity index (χ1n) is 7.06. The Labute approximate surface area is 128 Å². The van der Waals surface area contributed by atoms with Gasteiger partial charge in [-0.1, -0.05) is 32.9 Å². The van der Waals surface area contributed by atoms with Crippen molar-refractivity contribution in [2.24, 2.45) is 5.41 Å². The molecule has 2 N–H and O–H groups in total. The normalized spacial score (nSPS) is 15.3. The van der Waals surface area contributed by atoms with Gasteiger partial charge in [0.1, 0.15) is 0 Å². The van der Waals surface area contributed by atoms with Crippen LogP contribution in [-0.2, 0) is 11.0 Å². The maximum Gasteiger partial charge on any atom is 0.416 e. The molecule has 1 amide bonds. The Kier molecular flexibility index (Phi) is 5.62. The molecular formula is C16H22F3NO2. The minimum Gasteiger partial charge on any atom is -0.392 e. The van der Waals surface area contributed by atoms with E-state index in [0.717, 1.165) is 12.1 Å². The van der Waals surface area contributed by atoms with E-state index in [2.05, 4.69) is 5.32 Å². The van der Waals surface area contributed by atoms with Crippen molar-refractivity contribution >= 4 is 5.91 Å². The van der Waals surface area contributed by atoms with E-state index in [4.69, 9.17) is 0 Å². The summed E-state index contributed by atoms with van der Waals surface area (Å²) in [4.78, 5) is 11.9. The van der Waals surface area contributed by atoms with Crippen LogP contribution in [0.2, 0.25) is 0 Å². The van der Waals surface area contributed by atoms with Gasteiger partial charge in [-0.15, -0.1) is 0 Å². The Balaban J connectivity index is 2.73. The number of nitrogens with one attached hydrogen (secondary N) is 1. The third kappa shape index (κ3) is 5.33. The zero-order chi connectivity index (χ0) is 17.1. The molecular weight excluding hydrogens is 295 g/mol. The van der Waals surface area contributed by atoms with Crippen LogP contribution in [0.4, 0.5) is 13.2 Å². The van der Waals surface area contributed by atoms with Crippen molar-refractivity contribution in [2.75, 3.05) is 0 Å². The average Bonchev–Trinajstić information content (AvgIpc) is 2.36. The lowest BCUT2D eigenvalue weighted by molar-refractivity contribution is -0.137. The Bertz CT molecular complexity index is 521. The van der Waals surface area contributed by atoms with Gasteiger partial charge in [0.05, 0.1) is 24.1 Å². The van der Waals surface area contributed by atoms with Crippen LogP contribution in [0.5, 0.6) is 0 Å². The molecule has 1 aromatic carbocycles. The molecule has 1 aromatic rings. The van der Waals surface area contributed by atoms with Crippen LogP contribution in [-0.4, -0.2) is 17.1 Å². The Hall–Kier alpha value is -1.56. The molecule has 0 saturated carbocycles. The summed E-state index contributed by atoms with van der Waals surface area (Å²) < 4.78 is 38.0. The number of halogens is 3. The highest BCUT2D eigenvalue weighted by Gasteiger charge is 2.31. The second-order valence-corrected chi connectivity index (χ2v) is 6.50. The first-order valence-corrected chi connectivity index (χ1v) is 7.06. The van der Waals surface area contributed by atoms with E-state index in [9.17, 15) is 23.1 Å².